The van der Waals surface area contributed by atoms with Crippen molar-refractivity contribution in [1.29, 1.82) is 0 Å². The molecule has 1 saturated heterocycles. The van der Waals surface area contributed by atoms with Gasteiger partial charge < -0.3 is 15.4 Å². The highest BCUT2D eigenvalue weighted by Gasteiger charge is 2.40. The van der Waals surface area contributed by atoms with E-state index in [0.29, 0.717) is 33.1 Å². The van der Waals surface area contributed by atoms with Crippen molar-refractivity contribution in [2.75, 3.05) is 17.3 Å². The van der Waals surface area contributed by atoms with E-state index in [9.17, 15) is 19.2 Å². The number of benzene rings is 4. The fraction of sp³-hybridized carbons (Fsp3) is 0.0909. The van der Waals surface area contributed by atoms with Crippen LogP contribution in [-0.2, 0) is 14.4 Å². The summed E-state index contributed by atoms with van der Waals surface area (Å²) >= 11 is 3.44. The summed E-state index contributed by atoms with van der Waals surface area (Å²) in [7, 11) is 1.57. The second-order valence-corrected chi connectivity index (χ2v) is 12.0. The second kappa shape index (κ2) is 13.7. The number of anilines is 2. The largest absolute Gasteiger partial charge is 0.497 e. The van der Waals surface area contributed by atoms with Crippen LogP contribution in [0.1, 0.15) is 22.3 Å². The summed E-state index contributed by atoms with van der Waals surface area (Å²) in [6.45, 7) is 0. The van der Waals surface area contributed by atoms with Crippen molar-refractivity contribution in [3.05, 3.63) is 124 Å². The monoisotopic (exact) mass is 703 g/mol. The van der Waals surface area contributed by atoms with Gasteiger partial charge in [-0.05, 0) is 101 Å². The lowest BCUT2D eigenvalue weighted by Crippen LogP contribution is -2.31. The molecule has 1 fully saturated rings. The number of methoxy groups -OCH3 is 1. The third-order valence-corrected chi connectivity index (χ3v) is 8.41. The van der Waals surface area contributed by atoms with Gasteiger partial charge in [-0.25, -0.2) is 4.90 Å². The predicted octanol–water partition coefficient (Wildman–Crippen LogP) is 6.13. The number of hydrogen-bond donors (Lipinski definition) is 2. The Hall–Kier alpha value is -4.42. The summed E-state index contributed by atoms with van der Waals surface area (Å²) in [5.74, 6) is -0.828. The number of rotatable bonds is 9. The first-order valence-corrected chi connectivity index (χ1v) is 15.2. The average Bonchev–Trinajstić information content (AvgIpc) is 3.30. The van der Waals surface area contributed by atoms with E-state index in [0.717, 1.165) is 3.57 Å². The van der Waals surface area contributed by atoms with Crippen LogP contribution in [0.15, 0.2) is 114 Å². The van der Waals surface area contributed by atoms with Crippen LogP contribution in [0.5, 0.6) is 5.75 Å². The van der Waals surface area contributed by atoms with Gasteiger partial charge in [0.1, 0.15) is 11.4 Å². The number of thioether (sulfide) groups is 1. The van der Waals surface area contributed by atoms with Crippen molar-refractivity contribution >= 4 is 75.4 Å². The lowest BCUT2D eigenvalue weighted by molar-refractivity contribution is -0.121. The van der Waals surface area contributed by atoms with Gasteiger partial charge in [-0.2, -0.15) is 0 Å². The van der Waals surface area contributed by atoms with Crippen LogP contribution in [0.3, 0.4) is 0 Å². The van der Waals surface area contributed by atoms with Crippen LogP contribution < -0.4 is 20.3 Å². The van der Waals surface area contributed by atoms with Gasteiger partial charge in [0.15, 0.2) is 0 Å². The van der Waals surface area contributed by atoms with Crippen molar-refractivity contribution in [2.45, 2.75) is 16.6 Å². The molecule has 1 aliphatic rings. The summed E-state index contributed by atoms with van der Waals surface area (Å²) in [5.41, 5.74) is 2.15. The predicted molar refractivity (Wildman–Crippen MR) is 176 cm³/mol. The third kappa shape index (κ3) is 7.51. The average molecular weight is 704 g/mol. The molecule has 4 aromatic carbocycles. The molecule has 0 unspecified atom stereocenters. The van der Waals surface area contributed by atoms with Gasteiger partial charge >= 0.3 is 0 Å². The molecule has 0 radical (unpaired) electrons. The van der Waals surface area contributed by atoms with Crippen LogP contribution in [-0.4, -0.2) is 36.0 Å². The van der Waals surface area contributed by atoms with Crippen LogP contribution in [0.25, 0.3) is 6.08 Å². The molecular formula is C33H26IN3O5S. The van der Waals surface area contributed by atoms with Crippen molar-refractivity contribution in [3.8, 4) is 5.75 Å². The Kier molecular flexibility index (Phi) is 9.58. The van der Waals surface area contributed by atoms with E-state index in [4.69, 9.17) is 4.74 Å². The number of ether oxygens (including phenoxy) is 1. The highest BCUT2D eigenvalue weighted by Crippen LogP contribution is 2.35. The van der Waals surface area contributed by atoms with E-state index < -0.39 is 17.1 Å². The number of amides is 4. The fourth-order valence-electron chi connectivity index (χ4n) is 4.38. The lowest BCUT2D eigenvalue weighted by Gasteiger charge is -2.15. The minimum atomic E-state index is -0.589. The highest BCUT2D eigenvalue weighted by atomic mass is 127. The molecule has 0 spiro atoms. The molecule has 1 aliphatic heterocycles. The second-order valence-electron chi connectivity index (χ2n) is 9.49. The molecular weight excluding hydrogens is 677 g/mol. The van der Waals surface area contributed by atoms with Crippen molar-refractivity contribution in [2.24, 2.45) is 0 Å². The number of imide groups is 1. The van der Waals surface area contributed by atoms with Crippen molar-refractivity contribution < 1.29 is 23.9 Å². The van der Waals surface area contributed by atoms with Gasteiger partial charge in [-0.1, -0.05) is 36.4 Å². The normalized spacial score (nSPS) is 14.9. The Balaban J connectivity index is 1.32. The lowest BCUT2D eigenvalue weighted by atomic mass is 10.1. The zero-order valence-electron chi connectivity index (χ0n) is 23.0. The smallest absolute Gasteiger partial charge is 0.272 e. The number of carbonyl (C=O) groups excluding carboxylic acids is 4. The standard InChI is InChI=1S/C33H26IN3O5S/c1-42-26-16-10-21(11-17-26)18-28(36-31(39)22-6-3-2-4-7-22)32(40)35-24-8-5-9-27(19-24)43-29-20-30(38)37(33(29)41)25-14-12-23(34)13-15-25/h2-19,29H,20H2,1H3,(H,35,40)(H,36,39)/b28-18-/t29-/m1/s1. The Bertz CT molecular complexity index is 1690. The maximum Gasteiger partial charge on any atom is 0.272 e. The minimum absolute atomic E-state index is 0.0433. The van der Waals surface area contributed by atoms with Crippen molar-refractivity contribution in [3.63, 3.8) is 0 Å². The number of carbonyl (C=O) groups is 4. The molecule has 1 atom stereocenters. The van der Waals surface area contributed by atoms with E-state index in [-0.39, 0.29) is 23.9 Å². The number of nitrogens with zero attached hydrogens (tertiary/aromatic N) is 1. The molecule has 216 valence electrons. The van der Waals surface area contributed by atoms with Gasteiger partial charge in [0, 0.05) is 26.1 Å². The maximum atomic E-state index is 13.5. The van der Waals surface area contributed by atoms with Gasteiger partial charge in [-0.15, -0.1) is 11.8 Å². The van der Waals surface area contributed by atoms with Crippen LogP contribution in [0.4, 0.5) is 11.4 Å². The van der Waals surface area contributed by atoms with Gasteiger partial charge in [0.25, 0.3) is 11.8 Å². The molecule has 0 bridgehead atoms. The third-order valence-electron chi connectivity index (χ3n) is 6.52. The number of hydrogen-bond acceptors (Lipinski definition) is 6. The summed E-state index contributed by atoms with van der Waals surface area (Å²) in [4.78, 5) is 54.2. The first kappa shape index (κ1) is 30.1. The van der Waals surface area contributed by atoms with Gasteiger partial charge in [0.2, 0.25) is 11.8 Å². The van der Waals surface area contributed by atoms with Gasteiger partial charge in [-0.3, -0.25) is 19.2 Å². The van der Waals surface area contributed by atoms with Crippen LogP contribution in [0, 0.1) is 3.57 Å². The SMILES string of the molecule is COc1ccc(/C=C(\NC(=O)c2ccccc2)C(=O)Nc2cccc(S[C@@H]3CC(=O)N(c4ccc(I)cc4)C3=O)c2)cc1. The molecule has 43 heavy (non-hydrogen) atoms. The van der Waals surface area contributed by atoms with Crippen LogP contribution >= 0.6 is 34.4 Å². The first-order valence-electron chi connectivity index (χ1n) is 13.2. The van der Waals surface area contributed by atoms with E-state index in [1.807, 2.05) is 18.2 Å². The molecule has 5 rings (SSSR count). The van der Waals surface area contributed by atoms with Crippen LogP contribution in [0.2, 0.25) is 0 Å². The molecule has 0 aromatic heterocycles. The van der Waals surface area contributed by atoms with E-state index >= 15 is 0 Å². The Morgan fingerprint density at radius 1 is 0.930 bits per heavy atom. The zero-order chi connectivity index (χ0) is 30.3. The Morgan fingerprint density at radius 3 is 2.35 bits per heavy atom. The molecule has 4 amide bonds. The summed E-state index contributed by atoms with van der Waals surface area (Å²) < 4.78 is 6.22. The first-order chi connectivity index (χ1) is 20.8. The molecule has 2 N–H and O–H groups in total. The molecule has 4 aromatic rings. The summed E-state index contributed by atoms with van der Waals surface area (Å²) in [6.07, 6.45) is 1.66. The highest BCUT2D eigenvalue weighted by molar-refractivity contribution is 14.1. The minimum Gasteiger partial charge on any atom is -0.497 e. The van der Waals surface area contributed by atoms with Crippen molar-refractivity contribution in [1.82, 2.24) is 5.32 Å². The van der Waals surface area contributed by atoms with Gasteiger partial charge in [0.05, 0.1) is 18.0 Å². The van der Waals surface area contributed by atoms with E-state index in [1.165, 1.54) is 16.7 Å². The fourth-order valence-corrected chi connectivity index (χ4v) is 5.85. The molecule has 10 heteroatoms. The zero-order valence-corrected chi connectivity index (χ0v) is 25.9. The molecule has 0 aliphatic carbocycles. The molecule has 8 nitrogen and oxygen atoms in total. The quantitative estimate of drug-likeness (QED) is 0.124. The summed E-state index contributed by atoms with van der Waals surface area (Å²) in [5, 5.41) is 4.98. The molecule has 1 heterocycles. The number of halogens is 1. The number of nitrogens with one attached hydrogen (secondary N) is 2. The molecule has 0 saturated carbocycles. The topological polar surface area (TPSA) is 105 Å². The Labute approximate surface area is 266 Å². The Morgan fingerprint density at radius 2 is 1.65 bits per heavy atom. The van der Waals surface area contributed by atoms with E-state index in [2.05, 4.69) is 33.2 Å². The summed E-state index contributed by atoms with van der Waals surface area (Å²) in [6, 6.07) is 29.9. The maximum absolute atomic E-state index is 13.5. The van der Waals surface area contributed by atoms with E-state index in [1.54, 1.807) is 98.1 Å².